The van der Waals surface area contributed by atoms with Crippen LogP contribution < -0.4 is 19.4 Å². The Hall–Kier alpha value is -5.65. The molecule has 2 aliphatic carbocycles. The van der Waals surface area contributed by atoms with Crippen molar-refractivity contribution in [2.45, 2.75) is 24.2 Å². The Morgan fingerprint density at radius 2 is 1.51 bits per heavy atom. The van der Waals surface area contributed by atoms with E-state index in [0.29, 0.717) is 21.2 Å². The summed E-state index contributed by atoms with van der Waals surface area (Å²) >= 11 is 13.5. The highest BCUT2D eigenvalue weighted by atomic mass is 79.9. The van der Waals surface area contributed by atoms with Gasteiger partial charge in [-0.25, -0.2) is 9.80 Å². The average molecular weight is 950 g/mol. The van der Waals surface area contributed by atoms with Crippen molar-refractivity contribution < 1.29 is 38.9 Å². The number of methoxy groups -OCH3 is 1. The topological polar surface area (TPSA) is 194 Å². The predicted molar refractivity (Wildman–Crippen MR) is 223 cm³/mol. The molecule has 1 N–H and O–H groups in total. The van der Waals surface area contributed by atoms with Crippen molar-refractivity contribution in [3.05, 3.63) is 130 Å². The van der Waals surface area contributed by atoms with Crippen LogP contribution in [0.4, 0.5) is 28.4 Å². The molecule has 18 heteroatoms. The van der Waals surface area contributed by atoms with Crippen LogP contribution in [0.25, 0.3) is 0 Å². The summed E-state index contributed by atoms with van der Waals surface area (Å²) in [4.78, 5) is 86.0. The lowest BCUT2D eigenvalue weighted by atomic mass is 9.49. The number of aromatic hydroxyl groups is 1. The number of imide groups is 2. The number of nitrogens with zero attached hydrogens (tertiary/aromatic N) is 5. The van der Waals surface area contributed by atoms with Crippen LogP contribution in [0.5, 0.6) is 11.5 Å². The second kappa shape index (κ2) is 14.6. The summed E-state index contributed by atoms with van der Waals surface area (Å²) in [7, 11) is 4.17. The first kappa shape index (κ1) is 40.1. The molecule has 59 heavy (non-hydrogen) atoms. The Labute approximate surface area is 357 Å². The number of carbonyl (C=O) groups excluding carboxylic acids is 4. The van der Waals surface area contributed by atoms with Gasteiger partial charge >= 0.3 is 11.4 Å². The summed E-state index contributed by atoms with van der Waals surface area (Å²) in [6.45, 7) is 0. The minimum atomic E-state index is -1.66. The molecule has 15 nitrogen and oxygen atoms in total. The molecule has 0 radical (unpaired) electrons. The van der Waals surface area contributed by atoms with Gasteiger partial charge in [-0.05, 0) is 86.0 Å². The quantitative estimate of drug-likeness (QED) is 0.0783. The number of nitro benzene ring substituents is 2. The van der Waals surface area contributed by atoms with Gasteiger partial charge in [0, 0.05) is 41.6 Å². The maximum Gasteiger partial charge on any atom is 0.301 e. The number of benzene rings is 4. The van der Waals surface area contributed by atoms with E-state index >= 15 is 9.59 Å². The van der Waals surface area contributed by atoms with Crippen molar-refractivity contribution in [3.63, 3.8) is 0 Å². The molecule has 4 aromatic carbocycles. The number of ether oxygens (including phenoxy) is 1. The smallest absolute Gasteiger partial charge is 0.301 e. The molecule has 6 atom stereocenters. The number of rotatable bonds is 8. The summed E-state index contributed by atoms with van der Waals surface area (Å²) in [6.07, 6.45) is 1.74. The zero-order valence-electron chi connectivity index (χ0n) is 31.3. The fourth-order valence-electron chi connectivity index (χ4n) is 9.78. The molecule has 1 saturated carbocycles. The van der Waals surface area contributed by atoms with Gasteiger partial charge in [-0.3, -0.25) is 39.4 Å². The average Bonchev–Trinajstić information content (AvgIpc) is 3.60. The van der Waals surface area contributed by atoms with E-state index in [0.717, 1.165) is 21.9 Å². The summed E-state index contributed by atoms with van der Waals surface area (Å²) in [5.74, 6) is -7.91. The molecule has 4 amide bonds. The number of carbonyl (C=O) groups is 4. The maximum absolute atomic E-state index is 15.6. The highest BCUT2D eigenvalue weighted by Crippen LogP contribution is 2.66. The Bertz CT molecular complexity index is 2550. The van der Waals surface area contributed by atoms with Gasteiger partial charge in [0.25, 0.3) is 0 Å². The van der Waals surface area contributed by atoms with E-state index in [2.05, 4.69) is 31.9 Å². The van der Waals surface area contributed by atoms with Crippen molar-refractivity contribution in [2.75, 3.05) is 35.9 Å². The van der Waals surface area contributed by atoms with Crippen LogP contribution in [0, 0.1) is 43.9 Å². The van der Waals surface area contributed by atoms with Crippen LogP contribution in [-0.4, -0.2) is 59.8 Å². The van der Waals surface area contributed by atoms with Crippen molar-refractivity contribution in [3.8, 4) is 11.5 Å². The molecular weight excluding hydrogens is 918 g/mol. The van der Waals surface area contributed by atoms with Gasteiger partial charge in [-0.15, -0.1) is 0 Å². The lowest BCUT2D eigenvalue weighted by Crippen LogP contribution is -2.53. The number of phenolic OH excluding ortho intramolecular Hbond substituents is 1. The van der Waals surface area contributed by atoms with Gasteiger partial charge in [0.15, 0.2) is 17.2 Å². The molecule has 2 heterocycles. The highest BCUT2D eigenvalue weighted by Gasteiger charge is 2.70. The zero-order valence-corrected chi connectivity index (χ0v) is 35.2. The third-order valence-electron chi connectivity index (χ3n) is 12.0. The van der Waals surface area contributed by atoms with E-state index in [1.54, 1.807) is 54.6 Å². The van der Waals surface area contributed by atoms with Gasteiger partial charge in [0.2, 0.25) is 23.6 Å². The van der Waals surface area contributed by atoms with Crippen LogP contribution in [0.3, 0.4) is 0 Å². The number of anilines is 3. The Balaban J connectivity index is 1.36. The second-order valence-corrected chi connectivity index (χ2v) is 17.0. The molecule has 8 rings (SSSR count). The molecular formula is C41H32Br2ClN5O10. The van der Waals surface area contributed by atoms with E-state index in [-0.39, 0.29) is 50.9 Å². The number of hydrogen-bond donors (Lipinski definition) is 1. The standard InChI is InChI=1S/C41H32Br2ClN5O10/c1-45(2)35-28(48(55)56)15-22(16-29(35)49(57)58)46-37(51)24-13-12-23-25(31(24)39(46)53)17-27-38(52)47(21-11-7-10-20(44)14-21)40(54)41(27,19-8-5-4-6-9-19)32(23)26-18-30(59-3)36(50)34(43)33(26)42/h4-12,14-16,18,24-25,27,31-32,50H,13,17H2,1-3H3/t24-,25+,27-,31-,32+,41+/m0/s1. The first-order chi connectivity index (χ1) is 28.1. The number of amides is 4. The van der Waals surface area contributed by atoms with Gasteiger partial charge < -0.3 is 14.7 Å². The molecule has 302 valence electrons. The third kappa shape index (κ3) is 5.79. The lowest BCUT2D eigenvalue weighted by Gasteiger charge is -2.51. The normalized spacial score (nSPS) is 24.7. The van der Waals surface area contributed by atoms with Crippen molar-refractivity contribution in [1.82, 2.24) is 0 Å². The number of hydrogen-bond acceptors (Lipinski definition) is 11. The number of halogens is 3. The molecule has 4 aliphatic rings. The Morgan fingerprint density at radius 1 is 0.847 bits per heavy atom. The number of phenols is 1. The SMILES string of the molecule is COc1cc([C@H]2C3=CC[C@@H]4C(=O)N(c5cc([N+](=O)[O-])c(N(C)C)c([N+](=O)[O-])c5)C(=O)[C@@H]4[C@@H]3C[C@H]3C(=O)N(c4cccc(Cl)c4)C(=O)[C@@]23c2ccccc2)c(Br)c(Br)c1O. The van der Waals surface area contributed by atoms with E-state index < -0.39 is 79.9 Å². The minimum absolute atomic E-state index is 0.00225. The summed E-state index contributed by atoms with van der Waals surface area (Å²) in [5.41, 5.74) is -1.91. The van der Waals surface area contributed by atoms with Crippen LogP contribution in [0.1, 0.15) is 29.9 Å². The molecule has 0 spiro atoms. The Kier molecular flexibility index (Phi) is 9.91. The van der Waals surface area contributed by atoms with Gasteiger partial charge in [0.1, 0.15) is 0 Å². The first-order valence-electron chi connectivity index (χ1n) is 18.2. The summed E-state index contributed by atoms with van der Waals surface area (Å²) < 4.78 is 6.13. The number of fused-ring (bicyclic) bond motifs is 4. The molecule has 3 fully saturated rings. The van der Waals surface area contributed by atoms with Crippen LogP contribution >= 0.6 is 43.5 Å². The zero-order chi connectivity index (χ0) is 42.4. The van der Waals surface area contributed by atoms with E-state index in [1.165, 1.54) is 32.2 Å². The highest BCUT2D eigenvalue weighted by molar-refractivity contribution is 9.13. The van der Waals surface area contributed by atoms with E-state index in [9.17, 15) is 34.9 Å². The van der Waals surface area contributed by atoms with Gasteiger partial charge in [-0.1, -0.05) is 59.6 Å². The number of nitro groups is 2. The third-order valence-corrected chi connectivity index (χ3v) is 14.4. The van der Waals surface area contributed by atoms with E-state index in [4.69, 9.17) is 16.3 Å². The van der Waals surface area contributed by atoms with Crippen molar-refractivity contribution in [1.29, 1.82) is 0 Å². The summed E-state index contributed by atoms with van der Waals surface area (Å²) in [5, 5.41) is 35.9. The fourth-order valence-corrected chi connectivity index (χ4v) is 10.9. The van der Waals surface area contributed by atoms with Crippen LogP contribution in [-0.2, 0) is 24.6 Å². The maximum atomic E-state index is 15.6. The van der Waals surface area contributed by atoms with Crippen molar-refractivity contribution in [2.24, 2.45) is 23.7 Å². The molecule has 4 aromatic rings. The molecule has 0 aromatic heterocycles. The Morgan fingerprint density at radius 3 is 2.10 bits per heavy atom. The fraction of sp³-hybridized carbons (Fsp3) is 0.268. The number of allylic oxidation sites excluding steroid dienone is 2. The lowest BCUT2D eigenvalue weighted by molar-refractivity contribution is -0.392. The van der Waals surface area contributed by atoms with Crippen molar-refractivity contribution >= 4 is 95.5 Å². The van der Waals surface area contributed by atoms with Crippen LogP contribution in [0.15, 0.2) is 93.4 Å². The minimum Gasteiger partial charge on any atom is -0.503 e. The second-order valence-electron chi connectivity index (χ2n) is 15.0. The monoisotopic (exact) mass is 947 g/mol. The predicted octanol–water partition coefficient (Wildman–Crippen LogP) is 7.83. The molecule has 2 saturated heterocycles. The van der Waals surface area contributed by atoms with Gasteiger partial charge in [0.05, 0.1) is 56.0 Å². The summed E-state index contributed by atoms with van der Waals surface area (Å²) in [6, 6.07) is 18.7. The largest absolute Gasteiger partial charge is 0.503 e. The van der Waals surface area contributed by atoms with E-state index in [1.807, 2.05) is 6.08 Å². The molecule has 0 bridgehead atoms. The van der Waals surface area contributed by atoms with Gasteiger partial charge in [-0.2, -0.15) is 0 Å². The van der Waals surface area contributed by atoms with Crippen LogP contribution in [0.2, 0.25) is 5.02 Å². The molecule has 2 aliphatic heterocycles. The molecule has 0 unspecified atom stereocenters. The first-order valence-corrected chi connectivity index (χ1v) is 20.2.